The van der Waals surface area contributed by atoms with Crippen LogP contribution in [0, 0.1) is 11.3 Å². The molecule has 2 N–H and O–H groups in total. The van der Waals surface area contributed by atoms with E-state index < -0.39 is 0 Å². The van der Waals surface area contributed by atoms with Crippen molar-refractivity contribution in [2.75, 3.05) is 32.1 Å². The van der Waals surface area contributed by atoms with Crippen LogP contribution in [-0.2, 0) is 0 Å². The van der Waals surface area contributed by atoms with Crippen molar-refractivity contribution in [2.45, 2.75) is 18.9 Å². The highest BCUT2D eigenvalue weighted by atomic mass is 16.5. The van der Waals surface area contributed by atoms with Gasteiger partial charge in [0.05, 0.1) is 18.7 Å². The van der Waals surface area contributed by atoms with Gasteiger partial charge < -0.3 is 20.3 Å². The number of nitrogens with one attached hydrogen (secondary N) is 2. The van der Waals surface area contributed by atoms with E-state index in [1.807, 2.05) is 47.4 Å². The number of anilines is 1. The lowest BCUT2D eigenvalue weighted by molar-refractivity contribution is 0.0718. The molecule has 2 aliphatic rings. The second-order valence-electron chi connectivity index (χ2n) is 8.92. The molecule has 0 radical (unpaired) electrons. The summed E-state index contributed by atoms with van der Waals surface area (Å²) in [5.41, 5.74) is 4.50. The molecule has 0 spiro atoms. The smallest absolute Gasteiger partial charge is 0.253 e. The number of rotatable bonds is 5. The number of ether oxygens (including phenoxy) is 1. The van der Waals surface area contributed by atoms with Gasteiger partial charge in [-0.25, -0.2) is 0 Å². The fourth-order valence-electron chi connectivity index (χ4n) is 4.78. The Balaban J connectivity index is 1.34. The highest BCUT2D eigenvalue weighted by Crippen LogP contribution is 2.23. The summed E-state index contributed by atoms with van der Waals surface area (Å²) in [5.74, 6) is 0.741. The number of carbonyl (C=O) groups is 1. The first-order chi connectivity index (χ1) is 17.1. The van der Waals surface area contributed by atoms with Crippen LogP contribution < -0.4 is 25.8 Å². The van der Waals surface area contributed by atoms with Crippen LogP contribution in [0.15, 0.2) is 60.7 Å². The Hall–Kier alpha value is -4.24. The highest BCUT2D eigenvalue weighted by Gasteiger charge is 2.24. The second kappa shape index (κ2) is 9.94. The van der Waals surface area contributed by atoms with E-state index in [9.17, 15) is 10.1 Å². The SMILES string of the molecule is COc1cccc(C(=O)N2CCC(Nc3cc(-c4cccc(C#N)c4)cc4c3=CNCC=4)CC2)c1. The first kappa shape index (κ1) is 22.5. The number of hydrogen-bond donors (Lipinski definition) is 2. The van der Waals surface area contributed by atoms with Crippen LogP contribution in [-0.4, -0.2) is 43.6 Å². The van der Waals surface area contributed by atoms with Gasteiger partial charge in [-0.3, -0.25) is 4.79 Å². The van der Waals surface area contributed by atoms with E-state index in [-0.39, 0.29) is 11.9 Å². The largest absolute Gasteiger partial charge is 0.497 e. The van der Waals surface area contributed by atoms with Gasteiger partial charge in [0, 0.05) is 48.3 Å². The molecule has 0 atom stereocenters. The Morgan fingerprint density at radius 3 is 2.71 bits per heavy atom. The van der Waals surface area contributed by atoms with Crippen molar-refractivity contribution in [1.82, 2.24) is 10.2 Å². The summed E-state index contributed by atoms with van der Waals surface area (Å²) in [7, 11) is 1.61. The number of nitrogens with zero attached hydrogens (tertiary/aromatic N) is 2. The van der Waals surface area contributed by atoms with Crippen LogP contribution in [0.3, 0.4) is 0 Å². The standard InChI is InChI=1S/C29H28N4O2/c1-35-26-7-3-6-23(16-26)29(34)33-12-9-25(10-13-33)32-28-17-24(15-22-8-11-31-19-27(22)28)21-5-2-4-20(14-21)18-30/h2-8,14-17,19,25,31-32H,9-13H2,1H3. The van der Waals surface area contributed by atoms with Crippen molar-refractivity contribution >= 4 is 23.9 Å². The number of methoxy groups -OCH3 is 1. The van der Waals surface area contributed by atoms with Crippen molar-refractivity contribution in [2.24, 2.45) is 0 Å². The Labute approximate surface area is 205 Å². The summed E-state index contributed by atoms with van der Waals surface area (Å²) < 4.78 is 5.27. The van der Waals surface area contributed by atoms with Gasteiger partial charge in [-0.15, -0.1) is 0 Å². The fourth-order valence-corrected chi connectivity index (χ4v) is 4.78. The normalized spacial score (nSPS) is 15.0. The lowest BCUT2D eigenvalue weighted by Crippen LogP contribution is -2.44. The van der Waals surface area contributed by atoms with Crippen molar-refractivity contribution in [3.8, 4) is 22.9 Å². The van der Waals surface area contributed by atoms with Gasteiger partial charge in [0.1, 0.15) is 5.75 Å². The van der Waals surface area contributed by atoms with Gasteiger partial charge in [0.15, 0.2) is 0 Å². The first-order valence-corrected chi connectivity index (χ1v) is 11.9. The molecule has 6 nitrogen and oxygen atoms in total. The summed E-state index contributed by atoms with van der Waals surface area (Å²) in [4.78, 5) is 14.9. The van der Waals surface area contributed by atoms with E-state index in [1.54, 1.807) is 13.2 Å². The molecule has 3 aromatic rings. The number of amides is 1. The van der Waals surface area contributed by atoms with Gasteiger partial charge in [-0.2, -0.15) is 5.26 Å². The third-order valence-corrected chi connectivity index (χ3v) is 6.68. The Kier molecular flexibility index (Phi) is 6.40. The van der Waals surface area contributed by atoms with Crippen molar-refractivity contribution in [1.29, 1.82) is 5.26 Å². The molecule has 0 unspecified atom stereocenters. The molecule has 1 amide bonds. The van der Waals surface area contributed by atoms with Crippen LogP contribution >= 0.6 is 0 Å². The number of piperidine rings is 1. The molecule has 1 saturated heterocycles. The Morgan fingerprint density at radius 2 is 1.91 bits per heavy atom. The third-order valence-electron chi connectivity index (χ3n) is 6.68. The average Bonchev–Trinajstić information content (AvgIpc) is 2.93. The third kappa shape index (κ3) is 4.85. The predicted molar refractivity (Wildman–Crippen MR) is 138 cm³/mol. The van der Waals surface area contributed by atoms with E-state index >= 15 is 0 Å². The molecule has 2 aliphatic heterocycles. The molecule has 6 heteroatoms. The maximum Gasteiger partial charge on any atom is 0.253 e. The molecule has 0 saturated carbocycles. The molecule has 0 bridgehead atoms. The van der Waals surface area contributed by atoms with Crippen LogP contribution in [0.4, 0.5) is 5.69 Å². The highest BCUT2D eigenvalue weighted by molar-refractivity contribution is 5.94. The number of benzene rings is 3. The minimum atomic E-state index is 0.0474. The number of fused-ring (bicyclic) bond motifs is 1. The van der Waals surface area contributed by atoms with Crippen LogP contribution in [0.2, 0.25) is 0 Å². The molecule has 0 aliphatic carbocycles. The zero-order valence-electron chi connectivity index (χ0n) is 19.8. The van der Waals surface area contributed by atoms with Crippen LogP contribution in [0.1, 0.15) is 28.8 Å². The lowest BCUT2D eigenvalue weighted by atomic mass is 9.98. The molecule has 176 valence electrons. The molecular formula is C29H28N4O2. The monoisotopic (exact) mass is 464 g/mol. The summed E-state index contributed by atoms with van der Waals surface area (Å²) in [5, 5.41) is 18.7. The summed E-state index contributed by atoms with van der Waals surface area (Å²) in [6, 6.07) is 21.9. The number of carbonyl (C=O) groups excluding carboxylic acids is 1. The minimum Gasteiger partial charge on any atom is -0.497 e. The van der Waals surface area contributed by atoms with E-state index in [0.717, 1.165) is 41.4 Å². The van der Waals surface area contributed by atoms with E-state index in [4.69, 9.17) is 4.74 Å². The Morgan fingerprint density at radius 1 is 1.09 bits per heavy atom. The molecule has 3 aromatic carbocycles. The molecule has 1 fully saturated rings. The number of likely N-dealkylation sites (tertiary alicyclic amines) is 1. The van der Waals surface area contributed by atoms with Crippen LogP contribution in [0.5, 0.6) is 5.75 Å². The zero-order valence-corrected chi connectivity index (χ0v) is 19.8. The quantitative estimate of drug-likeness (QED) is 0.607. The minimum absolute atomic E-state index is 0.0474. The van der Waals surface area contributed by atoms with Gasteiger partial charge in [-0.1, -0.05) is 24.3 Å². The van der Waals surface area contributed by atoms with E-state index in [1.165, 1.54) is 5.22 Å². The number of nitriles is 1. The maximum absolute atomic E-state index is 13.0. The van der Waals surface area contributed by atoms with Gasteiger partial charge in [0.2, 0.25) is 0 Å². The van der Waals surface area contributed by atoms with Crippen molar-refractivity contribution in [3.05, 3.63) is 82.2 Å². The molecule has 5 rings (SSSR count). The Bertz CT molecular complexity index is 1420. The van der Waals surface area contributed by atoms with Crippen molar-refractivity contribution < 1.29 is 9.53 Å². The van der Waals surface area contributed by atoms with Crippen molar-refractivity contribution in [3.63, 3.8) is 0 Å². The maximum atomic E-state index is 13.0. The van der Waals surface area contributed by atoms with Gasteiger partial charge in [0.25, 0.3) is 5.91 Å². The predicted octanol–water partition coefficient (Wildman–Crippen LogP) is 3.07. The van der Waals surface area contributed by atoms with Gasteiger partial charge in [-0.05, 0) is 71.7 Å². The summed E-state index contributed by atoms with van der Waals surface area (Å²) in [6.45, 7) is 2.20. The first-order valence-electron chi connectivity index (χ1n) is 11.9. The average molecular weight is 465 g/mol. The topological polar surface area (TPSA) is 77.4 Å². The van der Waals surface area contributed by atoms with E-state index in [0.29, 0.717) is 30.0 Å². The summed E-state index contributed by atoms with van der Waals surface area (Å²) in [6.07, 6.45) is 5.99. The summed E-state index contributed by atoms with van der Waals surface area (Å²) >= 11 is 0. The lowest BCUT2D eigenvalue weighted by Gasteiger charge is -2.33. The molecular weight excluding hydrogens is 436 g/mol. The zero-order chi connectivity index (χ0) is 24.2. The molecule has 35 heavy (non-hydrogen) atoms. The van der Waals surface area contributed by atoms with Gasteiger partial charge >= 0.3 is 0 Å². The molecule has 2 heterocycles. The second-order valence-corrected chi connectivity index (χ2v) is 8.92. The number of hydrogen-bond acceptors (Lipinski definition) is 5. The van der Waals surface area contributed by atoms with Crippen LogP contribution in [0.25, 0.3) is 23.4 Å². The molecule has 0 aromatic heterocycles. The van der Waals surface area contributed by atoms with E-state index in [2.05, 4.69) is 41.1 Å². The fraction of sp³-hybridized carbons (Fsp3) is 0.241.